The van der Waals surface area contributed by atoms with Gasteiger partial charge >= 0.3 is 0 Å². The molecule has 0 radical (unpaired) electrons. The third-order valence-corrected chi connectivity index (χ3v) is 3.57. The number of aromatic nitrogens is 1. The molecule has 0 bridgehead atoms. The number of hydrogen-bond acceptors (Lipinski definition) is 2. The van der Waals surface area contributed by atoms with Crippen LogP contribution < -0.4 is 5.32 Å². The number of nitrogens with one attached hydrogen (secondary N) is 1. The van der Waals surface area contributed by atoms with Crippen molar-refractivity contribution in [2.24, 2.45) is 0 Å². The number of amides is 1. The Labute approximate surface area is 133 Å². The molecule has 3 nitrogen and oxygen atoms in total. The van der Waals surface area contributed by atoms with Gasteiger partial charge in [-0.25, -0.2) is 4.39 Å². The lowest BCUT2D eigenvalue weighted by atomic mass is 9.99. The molecule has 114 valence electrons. The van der Waals surface area contributed by atoms with Gasteiger partial charge in [0.2, 0.25) is 0 Å². The normalized spacial score (nSPS) is 11.7. The second-order valence-corrected chi connectivity index (χ2v) is 5.08. The first kappa shape index (κ1) is 14.9. The van der Waals surface area contributed by atoms with E-state index >= 15 is 0 Å². The summed E-state index contributed by atoms with van der Waals surface area (Å²) in [5, 5.41) is 2.90. The number of benzene rings is 2. The predicted octanol–water partition coefficient (Wildman–Crippen LogP) is 3.74. The van der Waals surface area contributed by atoms with Gasteiger partial charge in [-0.3, -0.25) is 9.78 Å². The van der Waals surface area contributed by atoms with Gasteiger partial charge in [0, 0.05) is 12.4 Å². The van der Waals surface area contributed by atoms with Crippen molar-refractivity contribution >= 4 is 5.91 Å². The molecule has 1 N–H and O–H groups in total. The van der Waals surface area contributed by atoms with Crippen LogP contribution in [0.2, 0.25) is 0 Å². The highest BCUT2D eigenvalue weighted by Gasteiger charge is 2.19. The highest BCUT2D eigenvalue weighted by Crippen LogP contribution is 2.22. The molecule has 0 fully saturated rings. The molecule has 0 aliphatic carbocycles. The Bertz CT molecular complexity index is 751. The van der Waals surface area contributed by atoms with Crippen LogP contribution in [0.5, 0.6) is 0 Å². The Kier molecular flexibility index (Phi) is 4.43. The number of hydrogen-bond donors (Lipinski definition) is 1. The van der Waals surface area contributed by atoms with Gasteiger partial charge in [0.05, 0.1) is 11.6 Å². The quantitative estimate of drug-likeness (QED) is 0.798. The summed E-state index contributed by atoms with van der Waals surface area (Å²) in [6.07, 6.45) is 3.33. The van der Waals surface area contributed by atoms with Crippen LogP contribution in [0.3, 0.4) is 0 Å². The van der Waals surface area contributed by atoms with Gasteiger partial charge in [0.25, 0.3) is 5.91 Å². The summed E-state index contributed by atoms with van der Waals surface area (Å²) in [6.45, 7) is 0. The lowest BCUT2D eigenvalue weighted by Gasteiger charge is -2.20. The molecule has 1 atom stereocenters. The average molecular weight is 306 g/mol. The average Bonchev–Trinajstić information content (AvgIpc) is 2.61. The Morgan fingerprint density at radius 2 is 1.48 bits per heavy atom. The van der Waals surface area contributed by atoms with Gasteiger partial charge in [-0.1, -0.05) is 42.5 Å². The van der Waals surface area contributed by atoms with Crippen molar-refractivity contribution in [1.82, 2.24) is 10.3 Å². The van der Waals surface area contributed by atoms with Gasteiger partial charge < -0.3 is 5.32 Å². The number of carbonyl (C=O) groups is 1. The molecule has 0 saturated heterocycles. The Hall–Kier alpha value is -3.01. The van der Waals surface area contributed by atoms with Gasteiger partial charge in [0.15, 0.2) is 0 Å². The number of halogens is 1. The fraction of sp³-hybridized carbons (Fsp3) is 0.0526. The third-order valence-electron chi connectivity index (χ3n) is 3.57. The van der Waals surface area contributed by atoms with E-state index in [1.165, 1.54) is 12.1 Å². The van der Waals surface area contributed by atoms with Crippen LogP contribution >= 0.6 is 0 Å². The van der Waals surface area contributed by atoms with Crippen LogP contribution in [0.4, 0.5) is 4.39 Å². The summed E-state index contributed by atoms with van der Waals surface area (Å²) >= 11 is 0. The number of pyridine rings is 1. The van der Waals surface area contributed by atoms with Crippen molar-refractivity contribution in [3.63, 3.8) is 0 Å². The molecule has 1 aromatic heterocycles. The van der Waals surface area contributed by atoms with Crippen molar-refractivity contribution in [3.8, 4) is 0 Å². The Morgan fingerprint density at radius 3 is 2.17 bits per heavy atom. The van der Waals surface area contributed by atoms with Crippen LogP contribution in [-0.4, -0.2) is 10.9 Å². The van der Waals surface area contributed by atoms with E-state index in [0.717, 1.165) is 11.1 Å². The number of rotatable bonds is 4. The molecule has 3 aromatic rings. The largest absolute Gasteiger partial charge is 0.341 e. The SMILES string of the molecule is O=C(N[C@@H](c1ccccc1)c1ccncc1)c1ccccc1F. The highest BCUT2D eigenvalue weighted by molar-refractivity contribution is 5.94. The smallest absolute Gasteiger partial charge is 0.255 e. The summed E-state index contributed by atoms with van der Waals surface area (Å²) in [4.78, 5) is 16.5. The molecule has 0 aliphatic heterocycles. The number of nitrogens with zero attached hydrogens (tertiary/aromatic N) is 1. The van der Waals surface area contributed by atoms with E-state index in [2.05, 4.69) is 10.3 Å². The zero-order chi connectivity index (χ0) is 16.1. The molecule has 0 unspecified atom stereocenters. The van der Waals surface area contributed by atoms with Crippen LogP contribution in [0.1, 0.15) is 27.5 Å². The lowest BCUT2D eigenvalue weighted by molar-refractivity contribution is 0.0939. The minimum absolute atomic E-state index is 0.0301. The molecular weight excluding hydrogens is 291 g/mol. The molecule has 1 amide bonds. The Morgan fingerprint density at radius 1 is 0.870 bits per heavy atom. The minimum atomic E-state index is -0.536. The molecular formula is C19H15FN2O. The van der Waals surface area contributed by atoms with E-state index in [9.17, 15) is 9.18 Å². The summed E-state index contributed by atoms with van der Waals surface area (Å²) in [5.74, 6) is -0.986. The van der Waals surface area contributed by atoms with Crippen molar-refractivity contribution in [1.29, 1.82) is 0 Å². The standard InChI is InChI=1S/C19H15FN2O/c20-17-9-5-4-8-16(17)19(23)22-18(14-6-2-1-3-7-14)15-10-12-21-13-11-15/h1-13,18H,(H,22,23)/t18-/m0/s1. The van der Waals surface area contributed by atoms with E-state index in [0.29, 0.717) is 0 Å². The van der Waals surface area contributed by atoms with Crippen molar-refractivity contribution in [2.75, 3.05) is 0 Å². The maximum atomic E-state index is 13.8. The van der Waals surface area contributed by atoms with Crippen LogP contribution in [0.15, 0.2) is 79.1 Å². The van der Waals surface area contributed by atoms with E-state index in [-0.39, 0.29) is 11.6 Å². The zero-order valence-electron chi connectivity index (χ0n) is 12.3. The summed E-state index contributed by atoms with van der Waals surface area (Å²) in [6, 6.07) is 18.8. The first-order valence-electron chi connectivity index (χ1n) is 7.26. The van der Waals surface area contributed by atoms with Crippen molar-refractivity contribution in [2.45, 2.75) is 6.04 Å². The maximum Gasteiger partial charge on any atom is 0.255 e. The summed E-state index contributed by atoms with van der Waals surface area (Å²) < 4.78 is 13.8. The monoisotopic (exact) mass is 306 g/mol. The van der Waals surface area contributed by atoms with Crippen LogP contribution in [0.25, 0.3) is 0 Å². The fourth-order valence-electron chi connectivity index (χ4n) is 2.41. The third kappa shape index (κ3) is 3.43. The Balaban J connectivity index is 1.94. The molecule has 0 spiro atoms. The molecule has 23 heavy (non-hydrogen) atoms. The summed E-state index contributed by atoms with van der Waals surface area (Å²) in [7, 11) is 0. The van der Waals surface area contributed by atoms with Gasteiger partial charge in [-0.05, 0) is 35.4 Å². The first-order valence-corrected chi connectivity index (χ1v) is 7.26. The maximum absolute atomic E-state index is 13.8. The molecule has 4 heteroatoms. The molecule has 0 aliphatic rings. The van der Waals surface area contributed by atoms with Gasteiger partial charge in [-0.2, -0.15) is 0 Å². The topological polar surface area (TPSA) is 42.0 Å². The van der Waals surface area contributed by atoms with E-state index < -0.39 is 11.7 Å². The zero-order valence-corrected chi connectivity index (χ0v) is 12.3. The fourth-order valence-corrected chi connectivity index (χ4v) is 2.41. The van der Waals surface area contributed by atoms with Gasteiger partial charge in [-0.15, -0.1) is 0 Å². The van der Waals surface area contributed by atoms with Crippen molar-refractivity contribution in [3.05, 3.63) is 102 Å². The van der Waals surface area contributed by atoms with E-state index in [1.807, 2.05) is 42.5 Å². The minimum Gasteiger partial charge on any atom is -0.341 e. The second kappa shape index (κ2) is 6.83. The molecule has 3 rings (SSSR count). The first-order chi connectivity index (χ1) is 11.3. The van der Waals surface area contributed by atoms with E-state index in [1.54, 1.807) is 24.5 Å². The predicted molar refractivity (Wildman–Crippen MR) is 86.4 cm³/mol. The van der Waals surface area contributed by atoms with Crippen LogP contribution in [-0.2, 0) is 0 Å². The van der Waals surface area contributed by atoms with E-state index in [4.69, 9.17) is 0 Å². The highest BCUT2D eigenvalue weighted by atomic mass is 19.1. The van der Waals surface area contributed by atoms with Gasteiger partial charge in [0.1, 0.15) is 5.82 Å². The summed E-state index contributed by atoms with van der Waals surface area (Å²) in [5.41, 5.74) is 1.83. The molecule has 0 saturated carbocycles. The number of carbonyl (C=O) groups excluding carboxylic acids is 1. The van der Waals surface area contributed by atoms with Crippen LogP contribution in [0, 0.1) is 5.82 Å². The molecule has 1 heterocycles. The second-order valence-electron chi connectivity index (χ2n) is 5.08. The van der Waals surface area contributed by atoms with Crippen molar-refractivity contribution < 1.29 is 9.18 Å². The molecule has 2 aromatic carbocycles. The lowest BCUT2D eigenvalue weighted by Crippen LogP contribution is -2.30.